The molecule has 1 fully saturated rings. The maximum Gasteiger partial charge on any atom is 0.0497 e. The standard InChI is InChI=1S/C10H19O/c1-2-3-4-6-10-7-5-8-11-9-10/h7,10H,2-6,8-9H2,1H3. The third kappa shape index (κ3) is 3.76. The third-order valence-electron chi connectivity index (χ3n) is 2.27. The van der Waals surface area contributed by atoms with Crippen LogP contribution in [-0.2, 0) is 4.74 Å². The van der Waals surface area contributed by atoms with E-state index >= 15 is 0 Å². The van der Waals surface area contributed by atoms with Crippen molar-refractivity contribution in [1.29, 1.82) is 0 Å². The Bertz CT molecular complexity index is 84.9. The van der Waals surface area contributed by atoms with Gasteiger partial charge in [-0.05, 0) is 25.2 Å². The molecule has 0 amide bonds. The average molecular weight is 155 g/mol. The van der Waals surface area contributed by atoms with E-state index in [2.05, 4.69) is 13.3 Å². The summed E-state index contributed by atoms with van der Waals surface area (Å²) in [6, 6.07) is 0. The minimum atomic E-state index is 0.760. The maximum atomic E-state index is 5.38. The fraction of sp³-hybridized carbons (Fsp3) is 0.900. The van der Waals surface area contributed by atoms with Crippen molar-refractivity contribution in [2.45, 2.75) is 39.0 Å². The quantitative estimate of drug-likeness (QED) is 0.567. The number of rotatable bonds is 4. The molecule has 1 aliphatic heterocycles. The van der Waals surface area contributed by atoms with Gasteiger partial charge in [-0.1, -0.05) is 26.2 Å². The van der Waals surface area contributed by atoms with Gasteiger partial charge in [0.25, 0.3) is 0 Å². The van der Waals surface area contributed by atoms with Crippen molar-refractivity contribution in [2.75, 3.05) is 13.2 Å². The van der Waals surface area contributed by atoms with Gasteiger partial charge in [0, 0.05) is 13.2 Å². The topological polar surface area (TPSA) is 9.23 Å². The van der Waals surface area contributed by atoms with Gasteiger partial charge in [-0.25, -0.2) is 0 Å². The van der Waals surface area contributed by atoms with Gasteiger partial charge in [0.05, 0.1) is 0 Å². The smallest absolute Gasteiger partial charge is 0.0497 e. The van der Waals surface area contributed by atoms with E-state index in [1.165, 1.54) is 25.7 Å². The Labute approximate surface area is 70.1 Å². The molecule has 1 aliphatic rings. The molecule has 1 nitrogen and oxygen atoms in total. The highest BCUT2D eigenvalue weighted by atomic mass is 16.5. The van der Waals surface area contributed by atoms with Crippen LogP contribution in [0, 0.1) is 12.3 Å². The Balaban J connectivity index is 1.96. The average Bonchev–Trinajstić information content (AvgIpc) is 2.07. The molecule has 0 aromatic rings. The van der Waals surface area contributed by atoms with E-state index in [-0.39, 0.29) is 0 Å². The van der Waals surface area contributed by atoms with Crippen LogP contribution < -0.4 is 0 Å². The lowest BCUT2D eigenvalue weighted by Crippen LogP contribution is -2.17. The van der Waals surface area contributed by atoms with E-state index in [1.54, 1.807) is 0 Å². The van der Waals surface area contributed by atoms with Gasteiger partial charge in [0.15, 0.2) is 0 Å². The predicted octanol–water partition coefficient (Wildman–Crippen LogP) is 2.81. The van der Waals surface area contributed by atoms with Crippen LogP contribution in [0.15, 0.2) is 0 Å². The van der Waals surface area contributed by atoms with E-state index in [9.17, 15) is 0 Å². The largest absolute Gasteiger partial charge is 0.381 e. The molecular weight excluding hydrogens is 136 g/mol. The second-order valence-corrected chi connectivity index (χ2v) is 3.36. The Hall–Kier alpha value is -0.0400. The lowest BCUT2D eigenvalue weighted by atomic mass is 9.96. The highest BCUT2D eigenvalue weighted by Crippen LogP contribution is 2.18. The van der Waals surface area contributed by atoms with Crippen LogP contribution in [0.25, 0.3) is 0 Å². The Morgan fingerprint density at radius 1 is 1.45 bits per heavy atom. The Morgan fingerprint density at radius 2 is 2.36 bits per heavy atom. The normalized spacial score (nSPS) is 25.4. The van der Waals surface area contributed by atoms with Crippen molar-refractivity contribution in [3.63, 3.8) is 0 Å². The molecule has 0 bridgehead atoms. The second-order valence-electron chi connectivity index (χ2n) is 3.36. The lowest BCUT2D eigenvalue weighted by molar-refractivity contribution is 0.0779. The molecule has 0 N–H and O–H groups in total. The zero-order valence-corrected chi connectivity index (χ0v) is 7.51. The van der Waals surface area contributed by atoms with Crippen molar-refractivity contribution >= 4 is 0 Å². The van der Waals surface area contributed by atoms with Gasteiger partial charge >= 0.3 is 0 Å². The molecule has 1 rings (SSSR count). The molecule has 0 aliphatic carbocycles. The van der Waals surface area contributed by atoms with Crippen LogP contribution in [-0.4, -0.2) is 13.2 Å². The maximum absolute atomic E-state index is 5.38. The first-order chi connectivity index (χ1) is 5.43. The number of hydrogen-bond acceptors (Lipinski definition) is 1. The van der Waals surface area contributed by atoms with Gasteiger partial charge < -0.3 is 4.74 Å². The van der Waals surface area contributed by atoms with Crippen LogP contribution in [0.1, 0.15) is 39.0 Å². The summed E-state index contributed by atoms with van der Waals surface area (Å²) < 4.78 is 5.38. The molecule has 0 spiro atoms. The van der Waals surface area contributed by atoms with E-state index < -0.39 is 0 Å². The molecule has 1 unspecified atom stereocenters. The molecule has 1 saturated heterocycles. The minimum Gasteiger partial charge on any atom is -0.381 e. The molecule has 1 heterocycles. The van der Waals surface area contributed by atoms with E-state index in [4.69, 9.17) is 4.74 Å². The minimum absolute atomic E-state index is 0.760. The molecule has 1 atom stereocenters. The molecule has 0 saturated carbocycles. The first kappa shape index (κ1) is 9.05. The summed E-state index contributed by atoms with van der Waals surface area (Å²) in [5.41, 5.74) is 0. The summed E-state index contributed by atoms with van der Waals surface area (Å²) in [5, 5.41) is 0. The van der Waals surface area contributed by atoms with Crippen LogP contribution in [0.3, 0.4) is 0 Å². The number of ether oxygens (including phenoxy) is 1. The van der Waals surface area contributed by atoms with Crippen molar-refractivity contribution in [3.8, 4) is 0 Å². The zero-order valence-electron chi connectivity index (χ0n) is 7.51. The molecule has 0 aromatic carbocycles. The fourth-order valence-corrected chi connectivity index (χ4v) is 1.55. The van der Waals surface area contributed by atoms with Crippen molar-refractivity contribution in [3.05, 3.63) is 6.42 Å². The highest BCUT2D eigenvalue weighted by Gasteiger charge is 2.12. The van der Waals surface area contributed by atoms with Gasteiger partial charge in [0.1, 0.15) is 0 Å². The predicted molar refractivity (Wildman–Crippen MR) is 47.4 cm³/mol. The zero-order chi connectivity index (χ0) is 7.94. The first-order valence-corrected chi connectivity index (χ1v) is 4.84. The number of unbranched alkanes of at least 4 members (excludes halogenated alkanes) is 2. The summed E-state index contributed by atoms with van der Waals surface area (Å²) in [4.78, 5) is 0. The summed E-state index contributed by atoms with van der Waals surface area (Å²) >= 11 is 0. The van der Waals surface area contributed by atoms with Crippen LogP contribution in [0.4, 0.5) is 0 Å². The highest BCUT2D eigenvalue weighted by molar-refractivity contribution is 4.79. The summed E-state index contributed by atoms with van der Waals surface area (Å²) in [6.07, 6.45) is 9.02. The lowest BCUT2D eigenvalue weighted by Gasteiger charge is -2.21. The monoisotopic (exact) mass is 155 g/mol. The Kier molecular flexibility index (Phi) is 4.60. The van der Waals surface area contributed by atoms with Gasteiger partial charge in [-0.2, -0.15) is 0 Å². The van der Waals surface area contributed by atoms with Crippen LogP contribution >= 0.6 is 0 Å². The summed E-state index contributed by atoms with van der Waals surface area (Å²) in [7, 11) is 0. The second kappa shape index (κ2) is 5.59. The Morgan fingerprint density at radius 3 is 3.00 bits per heavy atom. The van der Waals surface area contributed by atoms with E-state index in [1.807, 2.05) is 0 Å². The van der Waals surface area contributed by atoms with Gasteiger partial charge in [-0.3, -0.25) is 0 Å². The van der Waals surface area contributed by atoms with Crippen molar-refractivity contribution < 1.29 is 4.74 Å². The third-order valence-corrected chi connectivity index (χ3v) is 2.27. The SMILES string of the molecule is CCCCCC1[CH]CCOC1. The van der Waals surface area contributed by atoms with Crippen LogP contribution in [0.2, 0.25) is 0 Å². The molecule has 1 heteroatoms. The van der Waals surface area contributed by atoms with E-state index in [0.29, 0.717) is 0 Å². The first-order valence-electron chi connectivity index (χ1n) is 4.84. The summed E-state index contributed by atoms with van der Waals surface area (Å²) in [5.74, 6) is 0.760. The van der Waals surface area contributed by atoms with Crippen molar-refractivity contribution in [1.82, 2.24) is 0 Å². The van der Waals surface area contributed by atoms with Gasteiger partial charge in [0.2, 0.25) is 0 Å². The molecule has 65 valence electrons. The number of hydrogen-bond donors (Lipinski definition) is 0. The van der Waals surface area contributed by atoms with E-state index in [0.717, 1.165) is 25.6 Å². The van der Waals surface area contributed by atoms with Gasteiger partial charge in [-0.15, -0.1) is 0 Å². The van der Waals surface area contributed by atoms with Crippen molar-refractivity contribution in [2.24, 2.45) is 5.92 Å². The summed E-state index contributed by atoms with van der Waals surface area (Å²) in [6.45, 7) is 4.18. The molecule has 1 radical (unpaired) electrons. The molecule has 11 heavy (non-hydrogen) atoms. The fourth-order valence-electron chi connectivity index (χ4n) is 1.55. The molecular formula is C10H19O. The van der Waals surface area contributed by atoms with Crippen LogP contribution in [0.5, 0.6) is 0 Å². The molecule has 0 aromatic heterocycles.